The summed E-state index contributed by atoms with van der Waals surface area (Å²) in [4.78, 5) is 27.9. The zero-order valence-corrected chi connectivity index (χ0v) is 16.6. The summed E-state index contributed by atoms with van der Waals surface area (Å²) >= 11 is 0. The molecule has 168 valence electrons. The molecule has 3 N–H and O–H groups in total. The van der Waals surface area contributed by atoms with Crippen molar-refractivity contribution in [2.24, 2.45) is 11.7 Å². The largest absolute Gasteiger partial charge is 0.397 e. The molecule has 1 aliphatic rings. The summed E-state index contributed by atoms with van der Waals surface area (Å²) < 4.78 is 67.3. The van der Waals surface area contributed by atoms with Crippen LogP contribution in [0.15, 0.2) is 18.3 Å². The van der Waals surface area contributed by atoms with Crippen molar-refractivity contribution in [2.75, 3.05) is 5.32 Å². The number of rotatable bonds is 6. The number of alkyl halides is 5. The van der Waals surface area contributed by atoms with Gasteiger partial charge in [-0.25, -0.2) is 8.78 Å². The number of primary amides is 1. The van der Waals surface area contributed by atoms with Crippen LogP contribution < -0.4 is 11.1 Å². The van der Waals surface area contributed by atoms with Gasteiger partial charge in [-0.05, 0) is 31.9 Å². The Morgan fingerprint density at radius 2 is 2.00 bits per heavy atom. The van der Waals surface area contributed by atoms with Crippen molar-refractivity contribution >= 4 is 17.5 Å². The van der Waals surface area contributed by atoms with Crippen LogP contribution in [-0.4, -0.2) is 38.7 Å². The van der Waals surface area contributed by atoms with Gasteiger partial charge in [0.15, 0.2) is 0 Å². The van der Waals surface area contributed by atoms with Crippen molar-refractivity contribution in [3.05, 3.63) is 41.0 Å². The average molecular weight is 445 g/mol. The lowest BCUT2D eigenvalue weighted by atomic mass is 9.81. The van der Waals surface area contributed by atoms with E-state index < -0.39 is 48.6 Å². The van der Waals surface area contributed by atoms with Crippen LogP contribution in [0.2, 0.25) is 0 Å². The Hall–Kier alpha value is -3.05. The number of aromatic nitrogens is 3. The fourth-order valence-corrected chi connectivity index (χ4v) is 3.55. The van der Waals surface area contributed by atoms with Crippen molar-refractivity contribution in [2.45, 2.75) is 51.3 Å². The molecule has 2 aromatic heterocycles. The first kappa shape index (κ1) is 22.6. The Kier molecular flexibility index (Phi) is 5.76. The topological polar surface area (TPSA) is 103 Å². The molecule has 1 saturated carbocycles. The molecule has 12 heteroatoms. The monoisotopic (exact) mass is 445 g/mol. The molecule has 2 amide bonds. The number of nitrogens with two attached hydrogens (primary N) is 1. The molecule has 0 aliphatic heterocycles. The number of carbonyl (C=O) groups excluding carboxylic acids is 2. The van der Waals surface area contributed by atoms with E-state index in [4.69, 9.17) is 5.73 Å². The normalized spacial score (nSPS) is 17.1. The van der Waals surface area contributed by atoms with Crippen LogP contribution in [0.25, 0.3) is 0 Å². The highest BCUT2D eigenvalue weighted by molar-refractivity contribution is 6.04. The third kappa shape index (κ3) is 4.83. The van der Waals surface area contributed by atoms with Crippen molar-refractivity contribution in [1.29, 1.82) is 0 Å². The zero-order valence-electron chi connectivity index (χ0n) is 16.6. The summed E-state index contributed by atoms with van der Waals surface area (Å²) in [7, 11) is 0. The lowest BCUT2D eigenvalue weighted by Crippen LogP contribution is -2.38. The van der Waals surface area contributed by atoms with E-state index in [-0.39, 0.29) is 34.9 Å². The van der Waals surface area contributed by atoms with Crippen LogP contribution in [0, 0.1) is 12.8 Å². The van der Waals surface area contributed by atoms with Crippen molar-refractivity contribution in [3.8, 4) is 0 Å². The van der Waals surface area contributed by atoms with Gasteiger partial charge < -0.3 is 11.1 Å². The Bertz CT molecular complexity index is 1010. The Morgan fingerprint density at radius 3 is 2.55 bits per heavy atom. The van der Waals surface area contributed by atoms with E-state index in [0.29, 0.717) is 0 Å². The maximum absolute atomic E-state index is 13.3. The van der Waals surface area contributed by atoms with Gasteiger partial charge in [-0.1, -0.05) is 0 Å². The first-order valence-corrected chi connectivity index (χ1v) is 9.37. The second kappa shape index (κ2) is 7.89. The summed E-state index contributed by atoms with van der Waals surface area (Å²) in [5.74, 6) is -6.91. The van der Waals surface area contributed by atoms with Crippen LogP contribution in [-0.2, 0) is 6.54 Å². The number of anilines is 1. The van der Waals surface area contributed by atoms with Crippen LogP contribution in [0.1, 0.15) is 57.9 Å². The predicted octanol–water partition coefficient (Wildman–Crippen LogP) is 3.65. The van der Waals surface area contributed by atoms with Crippen LogP contribution >= 0.6 is 0 Å². The van der Waals surface area contributed by atoms with E-state index >= 15 is 0 Å². The molecule has 0 bridgehead atoms. The Labute approximate surface area is 173 Å². The van der Waals surface area contributed by atoms with E-state index in [0.717, 1.165) is 11.6 Å². The molecule has 0 aromatic carbocycles. The van der Waals surface area contributed by atoms with Gasteiger partial charge in [0.05, 0.1) is 11.6 Å². The molecule has 0 radical (unpaired) electrons. The molecular weight excluding hydrogens is 425 g/mol. The molecule has 2 heterocycles. The number of amides is 2. The molecule has 0 saturated heterocycles. The highest BCUT2D eigenvalue weighted by Gasteiger charge is 2.46. The van der Waals surface area contributed by atoms with Gasteiger partial charge in [-0.15, -0.1) is 0 Å². The van der Waals surface area contributed by atoms with E-state index in [1.165, 1.54) is 25.3 Å². The quantitative estimate of drug-likeness (QED) is 0.663. The molecular formula is C19H20F5N5O2. The molecule has 1 atom stereocenters. The zero-order chi connectivity index (χ0) is 23.1. The average Bonchev–Trinajstić information content (AvgIpc) is 2.94. The molecule has 0 unspecified atom stereocenters. The maximum atomic E-state index is 13.3. The molecule has 2 aromatic rings. The number of pyridine rings is 1. The number of hydrogen-bond acceptors (Lipinski definition) is 4. The van der Waals surface area contributed by atoms with Crippen molar-refractivity contribution in [1.82, 2.24) is 14.8 Å². The van der Waals surface area contributed by atoms with Crippen molar-refractivity contribution < 1.29 is 31.5 Å². The van der Waals surface area contributed by atoms with Gasteiger partial charge >= 0.3 is 6.18 Å². The summed E-state index contributed by atoms with van der Waals surface area (Å²) in [5, 5.41) is 6.43. The molecule has 31 heavy (non-hydrogen) atoms. The first-order valence-electron chi connectivity index (χ1n) is 9.37. The lowest BCUT2D eigenvalue weighted by Gasteiger charge is -2.35. The number of nitrogens with one attached hydrogen (secondary N) is 1. The van der Waals surface area contributed by atoms with Gasteiger partial charge in [-0.3, -0.25) is 19.3 Å². The number of hydrogen-bond donors (Lipinski definition) is 2. The predicted molar refractivity (Wildman–Crippen MR) is 99.8 cm³/mol. The third-order valence-corrected chi connectivity index (χ3v) is 5.22. The van der Waals surface area contributed by atoms with E-state index in [9.17, 15) is 31.5 Å². The molecule has 1 fully saturated rings. The van der Waals surface area contributed by atoms with Gasteiger partial charge in [0.2, 0.25) is 5.92 Å². The SMILES string of the molecule is Cc1c([C@H](C)C(F)(F)F)nn(CC2CC(F)(F)C2)c1C(=O)Nc1ccnc(C(N)=O)c1. The van der Waals surface area contributed by atoms with Crippen LogP contribution in [0.3, 0.4) is 0 Å². The summed E-state index contributed by atoms with van der Waals surface area (Å²) in [6.07, 6.45) is -4.22. The third-order valence-electron chi connectivity index (χ3n) is 5.22. The van der Waals surface area contributed by atoms with E-state index in [1.807, 2.05) is 0 Å². The van der Waals surface area contributed by atoms with Gasteiger partial charge in [0, 0.05) is 36.8 Å². The summed E-state index contributed by atoms with van der Waals surface area (Å²) in [6, 6.07) is 2.58. The minimum absolute atomic E-state index is 0.00223. The fraction of sp³-hybridized carbons (Fsp3) is 0.474. The van der Waals surface area contributed by atoms with Gasteiger partial charge in [-0.2, -0.15) is 18.3 Å². The number of carbonyl (C=O) groups is 2. The van der Waals surface area contributed by atoms with Crippen molar-refractivity contribution in [3.63, 3.8) is 0 Å². The van der Waals surface area contributed by atoms with Crippen LogP contribution in [0.4, 0.5) is 27.6 Å². The molecule has 7 nitrogen and oxygen atoms in total. The van der Waals surface area contributed by atoms with E-state index in [2.05, 4.69) is 15.4 Å². The second-order valence-electron chi connectivity index (χ2n) is 7.68. The second-order valence-corrected chi connectivity index (χ2v) is 7.68. The smallest absolute Gasteiger partial charge is 0.364 e. The first-order chi connectivity index (χ1) is 14.3. The summed E-state index contributed by atoms with van der Waals surface area (Å²) in [5.41, 5.74) is 4.65. The molecule has 0 spiro atoms. The highest BCUT2D eigenvalue weighted by atomic mass is 19.4. The van der Waals surface area contributed by atoms with Crippen LogP contribution in [0.5, 0.6) is 0 Å². The fourth-order valence-electron chi connectivity index (χ4n) is 3.55. The number of halogens is 5. The number of nitrogens with zero attached hydrogens (tertiary/aromatic N) is 3. The van der Waals surface area contributed by atoms with Gasteiger partial charge in [0.25, 0.3) is 11.8 Å². The molecule has 3 rings (SSSR count). The Morgan fingerprint density at radius 1 is 1.35 bits per heavy atom. The highest BCUT2D eigenvalue weighted by Crippen LogP contribution is 2.43. The Balaban J connectivity index is 1.94. The minimum atomic E-state index is -4.59. The van der Waals surface area contributed by atoms with E-state index in [1.54, 1.807) is 0 Å². The lowest BCUT2D eigenvalue weighted by molar-refractivity contribution is -0.147. The molecule has 1 aliphatic carbocycles. The summed E-state index contributed by atoms with van der Waals surface area (Å²) in [6.45, 7) is 2.13. The maximum Gasteiger partial charge on any atom is 0.397 e. The minimum Gasteiger partial charge on any atom is -0.364 e. The standard InChI is InChI=1S/C19H20F5N5O2/c1-9-14(10(2)19(22,23)24)28-29(8-11-6-18(20,21)7-11)15(9)17(31)27-12-3-4-26-13(5-12)16(25)30/h3-5,10-11H,6-8H2,1-2H3,(H2,25,30)(H,26,27,31)/t10-/m0/s1. The van der Waals surface area contributed by atoms with Gasteiger partial charge in [0.1, 0.15) is 11.4 Å².